The Morgan fingerprint density at radius 3 is 0.889 bits per heavy atom. The molecule has 0 aromatic carbocycles. The fraction of sp³-hybridized carbons (Fsp3) is 0.905. The Labute approximate surface area is 166 Å². The molecule has 0 spiro atoms. The van der Waals surface area contributed by atoms with Crippen LogP contribution in [0.3, 0.4) is 0 Å². The van der Waals surface area contributed by atoms with Crippen molar-refractivity contribution in [3.05, 3.63) is 0 Å². The zero-order chi connectivity index (χ0) is 20.6. The molecule has 0 saturated heterocycles. The molecular weight excluding hydrogens is 344 g/mol. The molecule has 0 fully saturated rings. The molecule has 0 aliphatic rings. The van der Waals surface area contributed by atoms with Gasteiger partial charge in [0.25, 0.3) is 0 Å². The minimum atomic E-state index is -0.678. The number of carboxylic acids is 2. The Balaban J connectivity index is 0. The summed E-state index contributed by atoms with van der Waals surface area (Å²) >= 11 is 0. The van der Waals surface area contributed by atoms with Crippen molar-refractivity contribution in [1.29, 1.82) is 0 Å². The lowest BCUT2D eigenvalue weighted by Gasteiger charge is -2.00. The highest BCUT2D eigenvalue weighted by Crippen LogP contribution is 2.09. The minimum absolute atomic E-state index is 0.322. The number of rotatable bonds is 19. The molecule has 0 atom stereocenters. The Morgan fingerprint density at radius 1 is 0.444 bits per heavy atom. The van der Waals surface area contributed by atoms with E-state index < -0.39 is 11.9 Å². The van der Waals surface area contributed by atoms with Crippen LogP contribution in [0.25, 0.3) is 0 Å². The summed E-state index contributed by atoms with van der Waals surface area (Å²) in [4.78, 5) is 20.4. The van der Waals surface area contributed by atoms with Gasteiger partial charge in [-0.2, -0.15) is 0 Å². The number of carbonyl (C=O) groups is 2. The van der Waals surface area contributed by atoms with E-state index in [0.717, 1.165) is 58.0 Å². The highest BCUT2D eigenvalue weighted by Gasteiger charge is 1.97. The number of carboxylic acid groups (broad SMARTS) is 2. The predicted molar refractivity (Wildman–Crippen MR) is 112 cm³/mol. The fourth-order valence-corrected chi connectivity index (χ4v) is 2.79. The molecule has 0 aliphatic carbocycles. The summed E-state index contributed by atoms with van der Waals surface area (Å²) in [5.41, 5.74) is 10.7. The van der Waals surface area contributed by atoms with Crippen molar-refractivity contribution in [3.63, 3.8) is 0 Å². The second kappa shape index (κ2) is 24.9. The van der Waals surface area contributed by atoms with Gasteiger partial charge in [-0.15, -0.1) is 0 Å². The quantitative estimate of drug-likeness (QED) is 0.238. The van der Waals surface area contributed by atoms with E-state index in [-0.39, 0.29) is 0 Å². The fourth-order valence-electron chi connectivity index (χ4n) is 2.79. The Kier molecular flexibility index (Phi) is 25.8. The van der Waals surface area contributed by atoms with Crippen LogP contribution in [0, 0.1) is 0 Å². The summed E-state index contributed by atoms with van der Waals surface area (Å²) < 4.78 is 0. The summed E-state index contributed by atoms with van der Waals surface area (Å²) in [6, 6.07) is 0. The molecule has 27 heavy (non-hydrogen) atoms. The van der Waals surface area contributed by atoms with Gasteiger partial charge in [-0.1, -0.05) is 70.6 Å². The van der Waals surface area contributed by atoms with Gasteiger partial charge < -0.3 is 21.7 Å². The van der Waals surface area contributed by atoms with E-state index in [2.05, 4.69) is 0 Å². The van der Waals surface area contributed by atoms with E-state index in [1.807, 2.05) is 0 Å². The summed E-state index contributed by atoms with van der Waals surface area (Å²) in [6.07, 6.45) is 17.7. The van der Waals surface area contributed by atoms with Crippen LogP contribution in [0.5, 0.6) is 0 Å². The van der Waals surface area contributed by atoms with E-state index in [1.54, 1.807) is 0 Å². The lowest BCUT2D eigenvalue weighted by molar-refractivity contribution is -0.138. The van der Waals surface area contributed by atoms with Gasteiger partial charge in [-0.3, -0.25) is 9.59 Å². The van der Waals surface area contributed by atoms with Crippen molar-refractivity contribution in [2.24, 2.45) is 11.5 Å². The van der Waals surface area contributed by atoms with Crippen LogP contribution in [0.4, 0.5) is 0 Å². The van der Waals surface area contributed by atoms with Gasteiger partial charge in [0.05, 0.1) is 0 Å². The molecule has 0 amide bonds. The standard InChI is InChI=1S/C11H23NO2.C10H21NO2/c12-10-8-6-4-2-1-3-5-7-9-11(13)14;11-9-7-5-3-1-2-4-6-8-10(12)13/h1-10,12H2,(H,13,14);1-9,11H2,(H,12,13). The van der Waals surface area contributed by atoms with Crippen molar-refractivity contribution in [2.45, 2.75) is 109 Å². The molecule has 0 aliphatic heterocycles. The third-order valence-electron chi connectivity index (χ3n) is 4.44. The second-order valence-electron chi connectivity index (χ2n) is 7.17. The zero-order valence-corrected chi connectivity index (χ0v) is 17.3. The minimum Gasteiger partial charge on any atom is -0.481 e. The maximum Gasteiger partial charge on any atom is 0.303 e. The Morgan fingerprint density at radius 2 is 0.667 bits per heavy atom. The number of hydrogen-bond acceptors (Lipinski definition) is 4. The van der Waals surface area contributed by atoms with Crippen molar-refractivity contribution in [2.75, 3.05) is 13.1 Å². The first-order valence-corrected chi connectivity index (χ1v) is 10.9. The highest BCUT2D eigenvalue weighted by atomic mass is 16.4. The maximum absolute atomic E-state index is 10.2. The zero-order valence-electron chi connectivity index (χ0n) is 17.3. The van der Waals surface area contributed by atoms with Crippen LogP contribution in [-0.4, -0.2) is 35.2 Å². The van der Waals surface area contributed by atoms with Crippen LogP contribution in [-0.2, 0) is 9.59 Å². The van der Waals surface area contributed by atoms with Crippen LogP contribution in [0.15, 0.2) is 0 Å². The molecule has 0 saturated carbocycles. The van der Waals surface area contributed by atoms with Crippen LogP contribution >= 0.6 is 0 Å². The third kappa shape index (κ3) is 32.9. The van der Waals surface area contributed by atoms with Gasteiger partial charge >= 0.3 is 11.9 Å². The lowest BCUT2D eigenvalue weighted by atomic mass is 10.1. The molecule has 0 radical (unpaired) electrons. The third-order valence-corrected chi connectivity index (χ3v) is 4.44. The van der Waals surface area contributed by atoms with Gasteiger partial charge in [0.1, 0.15) is 0 Å². The van der Waals surface area contributed by atoms with Gasteiger partial charge in [-0.05, 0) is 38.8 Å². The lowest BCUT2D eigenvalue weighted by Crippen LogP contribution is -1.97. The van der Waals surface area contributed by atoms with Crippen LogP contribution in [0.1, 0.15) is 109 Å². The topological polar surface area (TPSA) is 127 Å². The maximum atomic E-state index is 10.2. The monoisotopic (exact) mass is 388 g/mol. The first kappa shape index (κ1) is 28.1. The van der Waals surface area contributed by atoms with Gasteiger partial charge in [0, 0.05) is 12.8 Å². The molecule has 0 unspecified atom stereocenters. The number of unbranched alkanes of at least 4 members (excludes halogenated alkanes) is 13. The Bertz CT molecular complexity index is 325. The Hall–Kier alpha value is -1.14. The predicted octanol–water partition coefficient (Wildman–Crippen LogP) is 4.69. The molecule has 162 valence electrons. The molecular formula is C21H44N2O4. The average molecular weight is 389 g/mol. The molecule has 0 rings (SSSR count). The van der Waals surface area contributed by atoms with E-state index >= 15 is 0 Å². The van der Waals surface area contributed by atoms with E-state index in [9.17, 15) is 9.59 Å². The molecule has 0 bridgehead atoms. The average Bonchev–Trinajstić information content (AvgIpc) is 2.62. The van der Waals surface area contributed by atoms with E-state index in [4.69, 9.17) is 21.7 Å². The molecule has 0 heterocycles. The van der Waals surface area contributed by atoms with E-state index in [1.165, 1.54) is 51.4 Å². The normalized spacial score (nSPS) is 10.3. The van der Waals surface area contributed by atoms with Crippen LogP contribution < -0.4 is 11.5 Å². The molecule has 0 aromatic heterocycles. The van der Waals surface area contributed by atoms with E-state index in [0.29, 0.717) is 12.8 Å². The van der Waals surface area contributed by atoms with Crippen molar-refractivity contribution >= 4 is 11.9 Å². The van der Waals surface area contributed by atoms with Gasteiger partial charge in [-0.25, -0.2) is 0 Å². The highest BCUT2D eigenvalue weighted by molar-refractivity contribution is 5.66. The largest absolute Gasteiger partial charge is 0.481 e. The summed E-state index contributed by atoms with van der Waals surface area (Å²) in [5, 5.41) is 16.8. The first-order valence-electron chi connectivity index (χ1n) is 10.9. The van der Waals surface area contributed by atoms with Crippen molar-refractivity contribution < 1.29 is 19.8 Å². The number of nitrogens with two attached hydrogens (primary N) is 2. The summed E-state index contributed by atoms with van der Waals surface area (Å²) in [6.45, 7) is 1.59. The van der Waals surface area contributed by atoms with Crippen LogP contribution in [0.2, 0.25) is 0 Å². The number of aliphatic carboxylic acids is 2. The second-order valence-corrected chi connectivity index (χ2v) is 7.17. The SMILES string of the molecule is NCCCCCCCCCC(=O)O.NCCCCCCCCCCC(=O)O. The van der Waals surface area contributed by atoms with Gasteiger partial charge in [0.15, 0.2) is 0 Å². The molecule has 6 heteroatoms. The molecule has 6 N–H and O–H groups in total. The van der Waals surface area contributed by atoms with Gasteiger partial charge in [0.2, 0.25) is 0 Å². The van der Waals surface area contributed by atoms with Crippen molar-refractivity contribution in [1.82, 2.24) is 0 Å². The molecule has 6 nitrogen and oxygen atoms in total. The number of hydrogen-bond donors (Lipinski definition) is 4. The summed E-state index contributed by atoms with van der Waals surface area (Å²) in [5.74, 6) is -1.35. The first-order chi connectivity index (χ1) is 13.0. The van der Waals surface area contributed by atoms with Crippen molar-refractivity contribution in [3.8, 4) is 0 Å². The molecule has 0 aromatic rings. The smallest absolute Gasteiger partial charge is 0.303 e. The summed E-state index contributed by atoms with van der Waals surface area (Å²) in [7, 11) is 0.